The van der Waals surface area contributed by atoms with E-state index in [1.54, 1.807) is 20.8 Å². The number of hydrazine groups is 1. The summed E-state index contributed by atoms with van der Waals surface area (Å²) in [5.41, 5.74) is 5.51. The molecule has 0 aromatic heterocycles. The predicted octanol–water partition coefficient (Wildman–Crippen LogP) is 8.20. The maximum absolute atomic E-state index is 13.3. The third kappa shape index (κ3) is 12.0. The van der Waals surface area contributed by atoms with E-state index < -0.39 is 35.0 Å². The van der Waals surface area contributed by atoms with Crippen molar-refractivity contribution in [2.45, 2.75) is 98.8 Å². The zero-order valence-corrected chi connectivity index (χ0v) is 28.8. The highest BCUT2D eigenvalue weighted by Crippen LogP contribution is 2.37. The first-order valence-electron chi connectivity index (χ1n) is 16.2. The summed E-state index contributed by atoms with van der Waals surface area (Å²) in [6.45, 7) is 14.0. The molecular formula is C38H50N2O7. The van der Waals surface area contributed by atoms with E-state index in [-0.39, 0.29) is 12.8 Å². The van der Waals surface area contributed by atoms with Gasteiger partial charge in [0.2, 0.25) is 5.91 Å². The third-order valence-corrected chi connectivity index (χ3v) is 7.49. The number of carboxylic acids is 1. The zero-order valence-electron chi connectivity index (χ0n) is 28.8. The van der Waals surface area contributed by atoms with Crippen LogP contribution in [0.4, 0.5) is 4.79 Å². The molecule has 0 aliphatic rings. The number of hydrogen-bond acceptors (Lipinski definition) is 6. The molecule has 47 heavy (non-hydrogen) atoms. The first-order valence-corrected chi connectivity index (χ1v) is 16.2. The lowest BCUT2D eigenvalue weighted by atomic mass is 9.83. The molecule has 1 atom stereocenters. The van der Waals surface area contributed by atoms with Crippen molar-refractivity contribution < 1.29 is 33.7 Å². The molecule has 0 heterocycles. The number of rotatable bonds is 14. The van der Waals surface area contributed by atoms with Gasteiger partial charge in [-0.1, -0.05) is 88.4 Å². The summed E-state index contributed by atoms with van der Waals surface area (Å²) in [6, 6.07) is 23.7. The van der Waals surface area contributed by atoms with Crippen molar-refractivity contribution in [2.24, 2.45) is 5.41 Å². The monoisotopic (exact) mass is 646 g/mol. The Kier molecular flexibility index (Phi) is 13.2. The average Bonchev–Trinajstić information content (AvgIpc) is 3.01. The molecule has 9 nitrogen and oxygen atoms in total. The standard InChI is InChI=1S/C38H50N2O7/c1-8-28-24-30(29-18-13-10-14-19-29)32(46-26-27-16-11-9-12-17-27)25-31(28)45-23-15-20-33(37(2,3)4)40(34(41)21-22-35(42)43)39-36(44)47-38(5,6)7/h9-14,16-19,24-25,33H,8,15,20-23,26H2,1-7H3,(H,39,44)(H,42,43). The SMILES string of the molecule is CCc1cc(-c2ccccc2)c(OCc2ccccc2)cc1OCCCC(N(NC(=O)OC(C)(C)C)C(=O)CCC(=O)O)C(C)(C)C. The van der Waals surface area contributed by atoms with Gasteiger partial charge in [0.25, 0.3) is 0 Å². The summed E-state index contributed by atoms with van der Waals surface area (Å²) in [4.78, 5) is 37.3. The van der Waals surface area contributed by atoms with Gasteiger partial charge < -0.3 is 19.3 Å². The molecule has 3 rings (SSSR count). The van der Waals surface area contributed by atoms with Crippen LogP contribution >= 0.6 is 0 Å². The average molecular weight is 647 g/mol. The number of nitrogens with one attached hydrogen (secondary N) is 1. The van der Waals surface area contributed by atoms with Crippen molar-refractivity contribution >= 4 is 18.0 Å². The molecule has 0 radical (unpaired) electrons. The number of carboxylic acid groups (broad SMARTS) is 1. The van der Waals surface area contributed by atoms with Gasteiger partial charge in [0.15, 0.2) is 0 Å². The van der Waals surface area contributed by atoms with Gasteiger partial charge in [0.1, 0.15) is 23.7 Å². The number of amides is 2. The number of carbonyl (C=O) groups is 3. The zero-order chi connectivity index (χ0) is 34.6. The summed E-state index contributed by atoms with van der Waals surface area (Å²) >= 11 is 0. The highest BCUT2D eigenvalue weighted by Gasteiger charge is 2.35. The van der Waals surface area contributed by atoms with E-state index in [9.17, 15) is 19.5 Å². The van der Waals surface area contributed by atoms with E-state index in [1.165, 1.54) is 5.01 Å². The van der Waals surface area contributed by atoms with Crippen LogP contribution in [0, 0.1) is 5.41 Å². The maximum atomic E-state index is 13.3. The summed E-state index contributed by atoms with van der Waals surface area (Å²) in [7, 11) is 0. The smallest absolute Gasteiger partial charge is 0.426 e. The summed E-state index contributed by atoms with van der Waals surface area (Å²) in [5, 5.41) is 10.4. The van der Waals surface area contributed by atoms with Gasteiger partial charge in [0.05, 0.1) is 19.1 Å². The van der Waals surface area contributed by atoms with E-state index in [4.69, 9.17) is 14.2 Å². The number of benzene rings is 3. The molecule has 0 spiro atoms. The summed E-state index contributed by atoms with van der Waals surface area (Å²) in [5.74, 6) is -0.141. The fourth-order valence-corrected chi connectivity index (χ4v) is 5.17. The van der Waals surface area contributed by atoms with Gasteiger partial charge in [-0.2, -0.15) is 0 Å². The highest BCUT2D eigenvalue weighted by atomic mass is 16.6. The van der Waals surface area contributed by atoms with Crippen LogP contribution in [0.15, 0.2) is 72.8 Å². The Morgan fingerprint density at radius 2 is 1.49 bits per heavy atom. The van der Waals surface area contributed by atoms with Gasteiger partial charge in [0, 0.05) is 18.1 Å². The molecule has 9 heteroatoms. The van der Waals surface area contributed by atoms with Crippen molar-refractivity contribution in [2.75, 3.05) is 6.61 Å². The Hall–Kier alpha value is -4.53. The lowest BCUT2D eigenvalue weighted by Crippen LogP contribution is -2.57. The first-order chi connectivity index (χ1) is 22.2. The molecule has 1 unspecified atom stereocenters. The molecule has 2 amide bonds. The van der Waals surface area contributed by atoms with Crippen molar-refractivity contribution in [3.63, 3.8) is 0 Å². The lowest BCUT2D eigenvalue weighted by molar-refractivity contribution is -0.145. The summed E-state index contributed by atoms with van der Waals surface area (Å²) in [6.07, 6.45) is 0.418. The van der Waals surface area contributed by atoms with Crippen molar-refractivity contribution in [3.05, 3.63) is 83.9 Å². The number of nitrogens with zero attached hydrogens (tertiary/aromatic N) is 1. The van der Waals surface area contributed by atoms with Crippen LogP contribution in [-0.2, 0) is 27.4 Å². The van der Waals surface area contributed by atoms with E-state index in [0.29, 0.717) is 26.1 Å². The molecular weight excluding hydrogens is 596 g/mol. The number of aryl methyl sites for hydroxylation is 1. The second kappa shape index (κ2) is 16.9. The van der Waals surface area contributed by atoms with Gasteiger partial charge in [-0.05, 0) is 68.2 Å². The predicted molar refractivity (Wildman–Crippen MR) is 183 cm³/mol. The third-order valence-electron chi connectivity index (χ3n) is 7.49. The summed E-state index contributed by atoms with van der Waals surface area (Å²) < 4.78 is 18.1. The number of hydrogen-bond donors (Lipinski definition) is 2. The topological polar surface area (TPSA) is 114 Å². The molecule has 0 aliphatic carbocycles. The number of ether oxygens (including phenoxy) is 3. The highest BCUT2D eigenvalue weighted by molar-refractivity contribution is 5.83. The minimum Gasteiger partial charge on any atom is -0.493 e. The van der Waals surface area contributed by atoms with Crippen LogP contribution in [0.1, 0.15) is 85.3 Å². The fraction of sp³-hybridized carbons (Fsp3) is 0.447. The molecule has 0 saturated heterocycles. The van der Waals surface area contributed by atoms with Gasteiger partial charge in [-0.15, -0.1) is 0 Å². The molecule has 2 N–H and O–H groups in total. The second-order valence-electron chi connectivity index (χ2n) is 13.6. The molecule has 0 saturated carbocycles. The van der Waals surface area contributed by atoms with E-state index in [0.717, 1.165) is 40.2 Å². The van der Waals surface area contributed by atoms with Crippen molar-refractivity contribution in [1.29, 1.82) is 0 Å². The maximum Gasteiger partial charge on any atom is 0.426 e. The first kappa shape index (κ1) is 36.9. The molecule has 3 aromatic carbocycles. The molecule has 254 valence electrons. The normalized spacial score (nSPS) is 12.1. The largest absolute Gasteiger partial charge is 0.493 e. The number of carbonyl (C=O) groups excluding carboxylic acids is 2. The molecule has 0 fully saturated rings. The van der Waals surface area contributed by atoms with Crippen LogP contribution in [0.5, 0.6) is 11.5 Å². The second-order valence-corrected chi connectivity index (χ2v) is 13.6. The van der Waals surface area contributed by atoms with Crippen LogP contribution < -0.4 is 14.9 Å². The molecule has 0 bridgehead atoms. The van der Waals surface area contributed by atoms with Crippen molar-refractivity contribution in [3.8, 4) is 22.6 Å². The Labute approximate surface area is 279 Å². The fourth-order valence-electron chi connectivity index (χ4n) is 5.17. The lowest BCUT2D eigenvalue weighted by Gasteiger charge is -2.40. The van der Waals surface area contributed by atoms with Gasteiger partial charge in [-0.25, -0.2) is 15.2 Å². The van der Waals surface area contributed by atoms with Gasteiger partial charge >= 0.3 is 12.1 Å². The van der Waals surface area contributed by atoms with Gasteiger partial charge in [-0.3, -0.25) is 9.59 Å². The van der Waals surface area contributed by atoms with E-state index >= 15 is 0 Å². The minimum atomic E-state index is -1.09. The van der Waals surface area contributed by atoms with Crippen LogP contribution in [0.25, 0.3) is 11.1 Å². The Morgan fingerprint density at radius 3 is 2.06 bits per heavy atom. The van der Waals surface area contributed by atoms with Crippen LogP contribution in [-0.4, -0.2) is 46.3 Å². The quantitative estimate of drug-likeness (QED) is 0.134. The van der Waals surface area contributed by atoms with Crippen molar-refractivity contribution in [1.82, 2.24) is 10.4 Å². The Morgan fingerprint density at radius 1 is 0.851 bits per heavy atom. The Balaban J connectivity index is 1.81. The van der Waals surface area contributed by atoms with Crippen LogP contribution in [0.3, 0.4) is 0 Å². The van der Waals surface area contributed by atoms with E-state index in [1.807, 2.05) is 75.4 Å². The van der Waals surface area contributed by atoms with Crippen LogP contribution in [0.2, 0.25) is 0 Å². The van der Waals surface area contributed by atoms with E-state index in [2.05, 4.69) is 30.5 Å². The molecule has 0 aliphatic heterocycles. The number of aliphatic carboxylic acids is 1. The molecule has 3 aromatic rings. The minimum absolute atomic E-state index is 0.256. The Bertz CT molecular complexity index is 1460.